The van der Waals surface area contributed by atoms with Gasteiger partial charge in [-0.15, -0.1) is 0 Å². The zero-order valence-corrected chi connectivity index (χ0v) is 18.6. The van der Waals surface area contributed by atoms with E-state index in [4.69, 9.17) is 4.74 Å². The largest absolute Gasteiger partial charge is 0.507 e. The zero-order valence-electron chi connectivity index (χ0n) is 18.6. The SMILES string of the molecule is CC1(C)CC(Nc2cnc(-c3c(O)cc(-c4cn[nH]c4)cc3OC=O)cn2)CC(C)(C)N1. The molecule has 1 saturated heterocycles. The normalized spacial score (nSPS) is 17.6. The van der Waals surface area contributed by atoms with E-state index in [1.807, 2.05) is 0 Å². The second kappa shape index (κ2) is 8.23. The molecule has 3 aromatic rings. The Morgan fingerprint density at radius 3 is 2.44 bits per heavy atom. The van der Waals surface area contributed by atoms with Gasteiger partial charge in [-0.2, -0.15) is 5.10 Å². The molecular weight excluding hydrogens is 408 g/mol. The predicted molar refractivity (Wildman–Crippen MR) is 121 cm³/mol. The van der Waals surface area contributed by atoms with Crippen molar-refractivity contribution in [2.75, 3.05) is 5.32 Å². The second-order valence-electron chi connectivity index (χ2n) is 9.50. The molecule has 1 aliphatic rings. The summed E-state index contributed by atoms with van der Waals surface area (Å²) in [5.41, 5.74) is 2.12. The molecule has 1 aliphatic heterocycles. The first-order valence-electron chi connectivity index (χ1n) is 10.5. The van der Waals surface area contributed by atoms with Gasteiger partial charge in [-0.25, -0.2) is 4.98 Å². The number of phenolic OH excluding ortho intramolecular Hbond substituents is 1. The van der Waals surface area contributed by atoms with E-state index >= 15 is 0 Å². The minimum atomic E-state index is -0.0718. The fourth-order valence-corrected chi connectivity index (χ4v) is 4.74. The minimum Gasteiger partial charge on any atom is -0.507 e. The highest BCUT2D eigenvalue weighted by atomic mass is 16.5. The average molecular weight is 437 g/mol. The van der Waals surface area contributed by atoms with E-state index in [2.05, 4.69) is 58.5 Å². The van der Waals surface area contributed by atoms with Crippen LogP contribution < -0.4 is 15.4 Å². The molecule has 4 N–H and O–H groups in total. The molecule has 32 heavy (non-hydrogen) atoms. The molecule has 1 fully saturated rings. The molecule has 168 valence electrons. The standard InChI is InChI=1S/C23H28N6O3/c1-22(2)7-16(8-23(3,4)29-22)28-20-12-24-17(11-25-20)21-18(31)5-14(6-19(21)32-13-30)15-9-26-27-10-15/h5-6,9-13,16,29,31H,7-8H2,1-4H3,(H,25,28)(H,26,27). The summed E-state index contributed by atoms with van der Waals surface area (Å²) in [6.45, 7) is 9.11. The topological polar surface area (TPSA) is 125 Å². The Morgan fingerprint density at radius 2 is 1.84 bits per heavy atom. The number of benzene rings is 1. The number of anilines is 1. The van der Waals surface area contributed by atoms with Crippen molar-refractivity contribution in [3.63, 3.8) is 0 Å². The van der Waals surface area contributed by atoms with E-state index in [-0.39, 0.29) is 28.6 Å². The Morgan fingerprint density at radius 1 is 1.09 bits per heavy atom. The van der Waals surface area contributed by atoms with Gasteiger partial charge in [-0.05, 0) is 58.2 Å². The molecule has 0 amide bonds. The van der Waals surface area contributed by atoms with Gasteiger partial charge >= 0.3 is 0 Å². The molecule has 1 aromatic carbocycles. The summed E-state index contributed by atoms with van der Waals surface area (Å²) in [5, 5.41) is 24.5. The highest BCUT2D eigenvalue weighted by molar-refractivity contribution is 5.81. The Hall–Kier alpha value is -3.46. The Labute approximate surface area is 186 Å². The van der Waals surface area contributed by atoms with Gasteiger partial charge in [0.2, 0.25) is 0 Å². The first-order valence-corrected chi connectivity index (χ1v) is 10.5. The summed E-state index contributed by atoms with van der Waals surface area (Å²) >= 11 is 0. The van der Waals surface area contributed by atoms with Crippen molar-refractivity contribution in [2.24, 2.45) is 0 Å². The lowest BCUT2D eigenvalue weighted by molar-refractivity contribution is -0.120. The van der Waals surface area contributed by atoms with Gasteiger partial charge in [0.15, 0.2) is 0 Å². The average Bonchev–Trinajstić information content (AvgIpc) is 3.21. The smallest absolute Gasteiger partial charge is 0.298 e. The Kier molecular flexibility index (Phi) is 5.60. The number of hydrogen-bond donors (Lipinski definition) is 4. The maximum absolute atomic E-state index is 11.1. The molecule has 0 spiro atoms. The number of aromatic nitrogens is 4. The van der Waals surface area contributed by atoms with Crippen LogP contribution in [0.4, 0.5) is 5.82 Å². The highest BCUT2D eigenvalue weighted by Gasteiger charge is 2.37. The quantitative estimate of drug-likeness (QED) is 0.433. The molecule has 9 nitrogen and oxygen atoms in total. The number of nitrogens with one attached hydrogen (secondary N) is 3. The van der Waals surface area contributed by atoms with Crippen LogP contribution >= 0.6 is 0 Å². The van der Waals surface area contributed by atoms with Crippen molar-refractivity contribution in [1.82, 2.24) is 25.5 Å². The molecule has 2 aromatic heterocycles. The number of carbonyl (C=O) groups is 1. The lowest BCUT2D eigenvalue weighted by Gasteiger charge is -2.46. The van der Waals surface area contributed by atoms with Crippen LogP contribution in [0.5, 0.6) is 11.5 Å². The van der Waals surface area contributed by atoms with Gasteiger partial charge in [0.05, 0.1) is 29.8 Å². The van der Waals surface area contributed by atoms with Crippen LogP contribution in [0.25, 0.3) is 22.4 Å². The predicted octanol–water partition coefficient (Wildman–Crippen LogP) is 3.50. The molecule has 4 rings (SSSR count). The van der Waals surface area contributed by atoms with Gasteiger partial charge in [-0.3, -0.25) is 14.9 Å². The van der Waals surface area contributed by atoms with Gasteiger partial charge in [0.25, 0.3) is 6.47 Å². The van der Waals surface area contributed by atoms with Crippen LogP contribution in [0, 0.1) is 0 Å². The van der Waals surface area contributed by atoms with E-state index < -0.39 is 0 Å². The third-order valence-electron chi connectivity index (χ3n) is 5.54. The Balaban J connectivity index is 1.59. The molecule has 0 atom stereocenters. The maximum atomic E-state index is 11.1. The third-order valence-corrected chi connectivity index (χ3v) is 5.54. The second-order valence-corrected chi connectivity index (χ2v) is 9.50. The van der Waals surface area contributed by atoms with Crippen LogP contribution in [-0.4, -0.2) is 48.9 Å². The summed E-state index contributed by atoms with van der Waals surface area (Å²) in [6.07, 6.45) is 8.39. The first-order chi connectivity index (χ1) is 15.2. The van der Waals surface area contributed by atoms with Gasteiger partial charge in [-0.1, -0.05) is 0 Å². The molecule has 0 saturated carbocycles. The van der Waals surface area contributed by atoms with Crippen LogP contribution in [-0.2, 0) is 4.79 Å². The van der Waals surface area contributed by atoms with Crippen molar-refractivity contribution < 1.29 is 14.6 Å². The molecule has 0 aliphatic carbocycles. The van der Waals surface area contributed by atoms with Gasteiger partial charge in [0, 0.05) is 28.9 Å². The number of carbonyl (C=O) groups excluding carboxylic acids is 1. The van der Waals surface area contributed by atoms with Crippen LogP contribution in [0.15, 0.2) is 36.9 Å². The number of phenols is 1. The molecule has 0 radical (unpaired) electrons. The highest BCUT2D eigenvalue weighted by Crippen LogP contribution is 2.40. The number of hydrogen-bond acceptors (Lipinski definition) is 8. The van der Waals surface area contributed by atoms with E-state index in [9.17, 15) is 9.90 Å². The van der Waals surface area contributed by atoms with Crippen molar-refractivity contribution in [2.45, 2.75) is 57.7 Å². The summed E-state index contributed by atoms with van der Waals surface area (Å²) in [6, 6.07) is 3.48. The molecule has 3 heterocycles. The summed E-state index contributed by atoms with van der Waals surface area (Å²) in [4.78, 5) is 20.0. The molecule has 0 unspecified atom stereocenters. The molecular formula is C23H28N6O3. The lowest BCUT2D eigenvalue weighted by atomic mass is 9.79. The lowest BCUT2D eigenvalue weighted by Crippen LogP contribution is -2.60. The number of rotatable bonds is 6. The number of nitrogens with zero attached hydrogens (tertiary/aromatic N) is 3. The monoisotopic (exact) mass is 436 g/mol. The summed E-state index contributed by atoms with van der Waals surface area (Å²) < 4.78 is 5.15. The third kappa shape index (κ3) is 4.72. The van der Waals surface area contributed by atoms with Crippen molar-refractivity contribution in [1.29, 1.82) is 0 Å². The molecule has 0 bridgehead atoms. The van der Waals surface area contributed by atoms with Gasteiger partial charge in [0.1, 0.15) is 17.3 Å². The first kappa shape index (κ1) is 21.8. The fraction of sp³-hybridized carbons (Fsp3) is 0.391. The summed E-state index contributed by atoms with van der Waals surface area (Å²) in [7, 11) is 0. The zero-order chi connectivity index (χ0) is 22.9. The maximum Gasteiger partial charge on any atom is 0.298 e. The van der Waals surface area contributed by atoms with E-state index in [1.54, 1.807) is 36.9 Å². The van der Waals surface area contributed by atoms with Crippen molar-refractivity contribution in [3.05, 3.63) is 36.9 Å². The van der Waals surface area contributed by atoms with E-state index in [1.165, 1.54) is 0 Å². The van der Waals surface area contributed by atoms with E-state index in [0.29, 0.717) is 29.1 Å². The molecule has 9 heteroatoms. The van der Waals surface area contributed by atoms with E-state index in [0.717, 1.165) is 18.4 Å². The van der Waals surface area contributed by atoms with Crippen LogP contribution in [0.2, 0.25) is 0 Å². The minimum absolute atomic E-state index is 0.0103. The number of aromatic hydroxyl groups is 1. The number of H-pyrrole nitrogens is 1. The Bertz CT molecular complexity index is 1080. The fourth-order valence-electron chi connectivity index (χ4n) is 4.74. The van der Waals surface area contributed by atoms with Crippen LogP contribution in [0.1, 0.15) is 40.5 Å². The van der Waals surface area contributed by atoms with Crippen molar-refractivity contribution in [3.8, 4) is 33.9 Å². The van der Waals surface area contributed by atoms with Gasteiger partial charge < -0.3 is 20.5 Å². The summed E-state index contributed by atoms with van der Waals surface area (Å²) in [5.74, 6) is 0.769. The number of ether oxygens (including phenoxy) is 1. The van der Waals surface area contributed by atoms with Crippen LogP contribution in [0.3, 0.4) is 0 Å². The number of aromatic amines is 1. The number of piperidine rings is 1. The van der Waals surface area contributed by atoms with Crippen molar-refractivity contribution >= 4 is 12.3 Å².